The van der Waals surface area contributed by atoms with Gasteiger partial charge >= 0.3 is 0 Å². The highest BCUT2D eigenvalue weighted by Crippen LogP contribution is 2.36. The van der Waals surface area contributed by atoms with Crippen LogP contribution >= 0.6 is 0 Å². The molecule has 200 valence electrons. The molecule has 33 heavy (non-hydrogen) atoms. The minimum Gasteiger partial charge on any atom is -0.376 e. The standard InChI is InChI=1S/C28H60N2O3/c1-14-15-31-24(4,5)16-23(17-25(6,7)32-19-21(2)27(10,11)29)18-26(8,9)33-20-22(3)28(12,13)30/h21-23H,14-20,29-30H2,1-13H3. The van der Waals surface area contributed by atoms with Crippen LogP contribution in [0.2, 0.25) is 0 Å². The normalized spacial score (nSPS) is 17.2. The van der Waals surface area contributed by atoms with E-state index in [-0.39, 0.29) is 39.7 Å². The Hall–Kier alpha value is -0.200. The van der Waals surface area contributed by atoms with Gasteiger partial charge in [0.25, 0.3) is 0 Å². The van der Waals surface area contributed by atoms with Crippen molar-refractivity contribution in [1.82, 2.24) is 0 Å². The molecule has 0 heterocycles. The van der Waals surface area contributed by atoms with Crippen molar-refractivity contribution in [3.63, 3.8) is 0 Å². The first-order valence-corrected chi connectivity index (χ1v) is 13.1. The van der Waals surface area contributed by atoms with E-state index < -0.39 is 0 Å². The second kappa shape index (κ2) is 12.7. The largest absolute Gasteiger partial charge is 0.376 e. The number of nitrogens with two attached hydrogens (primary N) is 2. The monoisotopic (exact) mass is 472 g/mol. The van der Waals surface area contributed by atoms with Crippen molar-refractivity contribution in [1.29, 1.82) is 0 Å². The summed E-state index contributed by atoms with van der Waals surface area (Å²) in [6.45, 7) is 30.0. The summed E-state index contributed by atoms with van der Waals surface area (Å²) in [5.74, 6) is 0.949. The average molecular weight is 473 g/mol. The summed E-state index contributed by atoms with van der Waals surface area (Å²) in [7, 11) is 0. The van der Waals surface area contributed by atoms with Crippen molar-refractivity contribution in [3.05, 3.63) is 0 Å². The van der Waals surface area contributed by atoms with Gasteiger partial charge in [-0.1, -0.05) is 20.8 Å². The van der Waals surface area contributed by atoms with Crippen LogP contribution in [0.3, 0.4) is 0 Å². The van der Waals surface area contributed by atoms with Crippen molar-refractivity contribution in [2.24, 2.45) is 29.2 Å². The van der Waals surface area contributed by atoms with Crippen molar-refractivity contribution < 1.29 is 14.2 Å². The first-order chi connectivity index (χ1) is 14.6. The van der Waals surface area contributed by atoms with E-state index in [0.29, 0.717) is 19.1 Å². The smallest absolute Gasteiger partial charge is 0.0629 e. The Morgan fingerprint density at radius 2 is 0.879 bits per heavy atom. The summed E-state index contributed by atoms with van der Waals surface area (Å²) in [4.78, 5) is 0. The minimum absolute atomic E-state index is 0.189. The zero-order valence-electron chi connectivity index (χ0n) is 24.6. The number of hydrogen-bond acceptors (Lipinski definition) is 5. The lowest BCUT2D eigenvalue weighted by molar-refractivity contribution is -0.0958. The molecule has 0 aliphatic heterocycles. The maximum absolute atomic E-state index is 6.42. The molecule has 0 aliphatic rings. The molecule has 0 fully saturated rings. The van der Waals surface area contributed by atoms with Gasteiger partial charge in [-0.3, -0.25) is 0 Å². The van der Waals surface area contributed by atoms with Crippen molar-refractivity contribution in [2.45, 2.75) is 144 Å². The molecular weight excluding hydrogens is 412 g/mol. The van der Waals surface area contributed by atoms with Crippen LogP contribution in [-0.2, 0) is 14.2 Å². The van der Waals surface area contributed by atoms with Gasteiger partial charge in [0.1, 0.15) is 0 Å². The van der Waals surface area contributed by atoms with Crippen LogP contribution in [0.25, 0.3) is 0 Å². The van der Waals surface area contributed by atoms with Crippen molar-refractivity contribution >= 4 is 0 Å². The van der Waals surface area contributed by atoms with E-state index in [0.717, 1.165) is 32.3 Å². The Labute approximate surface area is 207 Å². The highest BCUT2D eigenvalue weighted by atomic mass is 16.5. The fourth-order valence-corrected chi connectivity index (χ4v) is 3.99. The van der Waals surface area contributed by atoms with E-state index >= 15 is 0 Å². The predicted octanol–water partition coefficient (Wildman–Crippen LogP) is 6.32. The summed E-state index contributed by atoms with van der Waals surface area (Å²) < 4.78 is 19.1. The van der Waals surface area contributed by atoms with E-state index in [2.05, 4.69) is 90.0 Å². The Kier molecular flexibility index (Phi) is 12.6. The van der Waals surface area contributed by atoms with Crippen LogP contribution in [0.4, 0.5) is 0 Å². The Balaban J connectivity index is 5.38. The van der Waals surface area contributed by atoms with E-state index in [4.69, 9.17) is 25.7 Å². The first kappa shape index (κ1) is 32.8. The molecule has 0 spiro atoms. The zero-order valence-corrected chi connectivity index (χ0v) is 24.6. The summed E-state index contributed by atoms with van der Waals surface area (Å²) >= 11 is 0. The molecular formula is C28H60N2O3. The van der Waals surface area contributed by atoms with E-state index in [9.17, 15) is 0 Å². The van der Waals surface area contributed by atoms with Gasteiger partial charge in [0, 0.05) is 17.7 Å². The lowest BCUT2D eigenvalue weighted by atomic mass is 9.79. The van der Waals surface area contributed by atoms with E-state index in [1.54, 1.807) is 0 Å². The Morgan fingerprint density at radius 1 is 0.576 bits per heavy atom. The predicted molar refractivity (Wildman–Crippen MR) is 143 cm³/mol. The number of ether oxygens (including phenoxy) is 3. The molecule has 0 aromatic carbocycles. The van der Waals surface area contributed by atoms with Crippen LogP contribution in [0.5, 0.6) is 0 Å². The molecule has 2 atom stereocenters. The van der Waals surface area contributed by atoms with Gasteiger partial charge in [-0.2, -0.15) is 0 Å². The second-order valence-corrected chi connectivity index (χ2v) is 13.7. The van der Waals surface area contributed by atoms with Gasteiger partial charge in [0.05, 0.1) is 30.0 Å². The average Bonchev–Trinajstić information content (AvgIpc) is 2.59. The van der Waals surface area contributed by atoms with E-state index in [1.807, 2.05) is 0 Å². The summed E-state index contributed by atoms with van der Waals surface area (Å²) in [5, 5.41) is 0. The van der Waals surface area contributed by atoms with Crippen LogP contribution in [0.1, 0.15) is 116 Å². The molecule has 5 nitrogen and oxygen atoms in total. The first-order valence-electron chi connectivity index (χ1n) is 13.1. The van der Waals surface area contributed by atoms with Crippen molar-refractivity contribution in [2.75, 3.05) is 19.8 Å². The van der Waals surface area contributed by atoms with Crippen LogP contribution in [-0.4, -0.2) is 47.7 Å². The molecule has 0 aromatic rings. The molecule has 5 heteroatoms. The molecule has 0 aromatic heterocycles. The molecule has 0 amide bonds. The third-order valence-electron chi connectivity index (χ3n) is 7.03. The third-order valence-corrected chi connectivity index (χ3v) is 7.03. The van der Waals surface area contributed by atoms with Crippen LogP contribution in [0.15, 0.2) is 0 Å². The highest BCUT2D eigenvalue weighted by molar-refractivity contribution is 4.87. The van der Waals surface area contributed by atoms with Crippen LogP contribution in [0, 0.1) is 17.8 Å². The molecule has 0 saturated carbocycles. The van der Waals surface area contributed by atoms with Gasteiger partial charge < -0.3 is 25.7 Å². The van der Waals surface area contributed by atoms with Gasteiger partial charge in [0.2, 0.25) is 0 Å². The quantitative estimate of drug-likeness (QED) is 0.259. The summed E-state index contributed by atoms with van der Waals surface area (Å²) in [5.41, 5.74) is 11.4. The summed E-state index contributed by atoms with van der Waals surface area (Å²) in [6, 6.07) is 0. The summed E-state index contributed by atoms with van der Waals surface area (Å²) in [6.07, 6.45) is 3.86. The third kappa shape index (κ3) is 14.7. The number of rotatable bonds is 17. The molecule has 0 rings (SSSR count). The Morgan fingerprint density at radius 3 is 1.15 bits per heavy atom. The lowest BCUT2D eigenvalue weighted by Gasteiger charge is -2.40. The highest BCUT2D eigenvalue weighted by Gasteiger charge is 2.35. The molecule has 0 saturated heterocycles. The van der Waals surface area contributed by atoms with Crippen molar-refractivity contribution in [3.8, 4) is 0 Å². The fourth-order valence-electron chi connectivity index (χ4n) is 3.99. The van der Waals surface area contributed by atoms with Gasteiger partial charge in [-0.05, 0) is 113 Å². The molecule has 2 unspecified atom stereocenters. The Bertz CT molecular complexity index is 506. The zero-order chi connectivity index (χ0) is 26.3. The maximum atomic E-state index is 6.42. The molecule has 4 N–H and O–H groups in total. The molecule has 0 bridgehead atoms. The maximum Gasteiger partial charge on any atom is 0.0629 e. The molecule has 0 aliphatic carbocycles. The number of hydrogen-bond donors (Lipinski definition) is 2. The second-order valence-electron chi connectivity index (χ2n) is 13.7. The minimum atomic E-state index is -0.256. The van der Waals surface area contributed by atoms with Gasteiger partial charge in [0.15, 0.2) is 0 Å². The lowest BCUT2D eigenvalue weighted by Crippen LogP contribution is -2.44. The molecule has 0 radical (unpaired) electrons. The van der Waals surface area contributed by atoms with Crippen LogP contribution < -0.4 is 11.5 Å². The van der Waals surface area contributed by atoms with Gasteiger partial charge in [-0.15, -0.1) is 0 Å². The topological polar surface area (TPSA) is 79.7 Å². The SMILES string of the molecule is CCCOC(C)(C)CC(CC(C)(C)OCC(C)C(C)(C)N)CC(C)(C)OCC(C)C(C)(C)N. The van der Waals surface area contributed by atoms with Gasteiger partial charge in [-0.25, -0.2) is 0 Å². The fraction of sp³-hybridized carbons (Fsp3) is 1.00. The van der Waals surface area contributed by atoms with E-state index in [1.165, 1.54) is 0 Å².